The van der Waals surface area contributed by atoms with Crippen LogP contribution >= 0.6 is 0 Å². The van der Waals surface area contributed by atoms with E-state index in [1.807, 2.05) is 0 Å². The minimum absolute atomic E-state index is 0.0240. The van der Waals surface area contributed by atoms with Gasteiger partial charge in [-0.3, -0.25) is 4.79 Å². The highest BCUT2D eigenvalue weighted by atomic mass is 32.2. The van der Waals surface area contributed by atoms with Crippen LogP contribution in [-0.2, 0) is 19.6 Å². The quantitative estimate of drug-likeness (QED) is 0.753. The van der Waals surface area contributed by atoms with E-state index in [1.165, 1.54) is 4.31 Å². The molecule has 0 spiro atoms. The Morgan fingerprint density at radius 1 is 1.27 bits per heavy atom. The minimum atomic E-state index is -3.71. The Kier molecular flexibility index (Phi) is 3.74. The molecule has 122 valence electrons. The van der Waals surface area contributed by atoms with Gasteiger partial charge < -0.3 is 14.2 Å². The Morgan fingerprint density at radius 3 is 2.64 bits per heavy atom. The van der Waals surface area contributed by atoms with Gasteiger partial charge in [0.1, 0.15) is 10.6 Å². The van der Waals surface area contributed by atoms with Crippen LogP contribution < -0.4 is 0 Å². The SMILES string of the molecule is Cc1noc(C)c1S(=O)(=O)N1C[C@@H]2OCCC(=O)N(C)[C@H]2C1. The van der Waals surface area contributed by atoms with E-state index in [0.717, 1.165) is 0 Å². The first-order chi connectivity index (χ1) is 10.3. The molecule has 2 aliphatic heterocycles. The lowest BCUT2D eigenvalue weighted by Gasteiger charge is -2.25. The molecule has 0 unspecified atom stereocenters. The molecule has 2 fully saturated rings. The molecule has 3 rings (SSSR count). The molecule has 0 radical (unpaired) electrons. The van der Waals surface area contributed by atoms with E-state index in [4.69, 9.17) is 9.26 Å². The molecule has 1 aromatic rings. The molecule has 3 heterocycles. The molecule has 0 saturated carbocycles. The number of nitrogens with zero attached hydrogens (tertiary/aromatic N) is 3. The number of amides is 1. The maximum absolute atomic E-state index is 12.8. The lowest BCUT2D eigenvalue weighted by molar-refractivity contribution is -0.130. The standard InChI is InChI=1S/C13H19N3O5S/c1-8-13(9(2)21-14-8)22(18,19)16-6-10-11(7-16)20-5-4-12(17)15(10)3/h10-11H,4-7H2,1-3H3/t10-,11-/m0/s1. The van der Waals surface area contributed by atoms with Crippen molar-refractivity contribution in [2.75, 3.05) is 26.7 Å². The largest absolute Gasteiger partial charge is 0.374 e. The maximum atomic E-state index is 12.8. The molecule has 2 saturated heterocycles. The van der Waals surface area contributed by atoms with E-state index in [2.05, 4.69) is 5.16 Å². The number of fused-ring (bicyclic) bond motifs is 1. The number of likely N-dealkylation sites (N-methyl/N-ethyl adjacent to an activating group) is 1. The Balaban J connectivity index is 1.90. The van der Waals surface area contributed by atoms with E-state index in [-0.39, 0.29) is 41.8 Å². The Hall–Kier alpha value is -1.45. The van der Waals surface area contributed by atoms with Gasteiger partial charge in [-0.1, -0.05) is 5.16 Å². The van der Waals surface area contributed by atoms with Gasteiger partial charge in [-0.2, -0.15) is 4.31 Å². The predicted octanol–water partition coefficient (Wildman–Crippen LogP) is -0.0884. The normalized spacial score (nSPS) is 27.0. The van der Waals surface area contributed by atoms with Crippen LogP contribution in [-0.4, -0.2) is 67.6 Å². The summed E-state index contributed by atoms with van der Waals surface area (Å²) >= 11 is 0. The van der Waals surface area contributed by atoms with Crippen LogP contribution in [0, 0.1) is 13.8 Å². The van der Waals surface area contributed by atoms with Crippen LogP contribution in [0.2, 0.25) is 0 Å². The van der Waals surface area contributed by atoms with Gasteiger partial charge in [-0.15, -0.1) is 0 Å². The van der Waals surface area contributed by atoms with Gasteiger partial charge in [-0.25, -0.2) is 8.42 Å². The molecule has 8 nitrogen and oxygen atoms in total. The minimum Gasteiger partial charge on any atom is -0.374 e. The van der Waals surface area contributed by atoms with Gasteiger partial charge in [0.2, 0.25) is 15.9 Å². The second-order valence-corrected chi connectivity index (χ2v) is 7.58. The number of ether oxygens (including phenoxy) is 1. The Labute approximate surface area is 129 Å². The molecule has 0 aromatic carbocycles. The topological polar surface area (TPSA) is 93.0 Å². The second-order valence-electron chi connectivity index (χ2n) is 5.71. The first-order valence-corrected chi connectivity index (χ1v) is 8.56. The Morgan fingerprint density at radius 2 is 2.00 bits per heavy atom. The van der Waals surface area contributed by atoms with Gasteiger partial charge in [0, 0.05) is 20.1 Å². The van der Waals surface area contributed by atoms with Crippen LogP contribution in [0.4, 0.5) is 0 Å². The molecular formula is C13H19N3O5S. The lowest BCUT2D eigenvalue weighted by Crippen LogP contribution is -2.43. The summed E-state index contributed by atoms with van der Waals surface area (Å²) in [7, 11) is -2.01. The van der Waals surface area contributed by atoms with Crippen LogP contribution in [0.1, 0.15) is 17.9 Å². The molecule has 0 N–H and O–H groups in total. The molecule has 22 heavy (non-hydrogen) atoms. The third-order valence-corrected chi connectivity index (χ3v) is 6.38. The molecule has 9 heteroatoms. The van der Waals surface area contributed by atoms with E-state index < -0.39 is 10.0 Å². The van der Waals surface area contributed by atoms with Gasteiger partial charge in [0.15, 0.2) is 5.76 Å². The van der Waals surface area contributed by atoms with Crippen LogP contribution in [0.25, 0.3) is 0 Å². The number of carbonyl (C=O) groups is 1. The average molecular weight is 329 g/mol. The fraction of sp³-hybridized carbons (Fsp3) is 0.692. The van der Waals surface area contributed by atoms with Crippen molar-refractivity contribution in [3.8, 4) is 0 Å². The smallest absolute Gasteiger partial charge is 0.248 e. The van der Waals surface area contributed by atoms with Gasteiger partial charge in [0.05, 0.1) is 25.2 Å². The number of aromatic nitrogens is 1. The number of carbonyl (C=O) groups excluding carboxylic acids is 1. The Bertz CT molecular complexity index is 679. The number of rotatable bonds is 2. The molecule has 1 aromatic heterocycles. The summed E-state index contributed by atoms with van der Waals surface area (Å²) in [6, 6.07) is -0.259. The number of hydrogen-bond donors (Lipinski definition) is 0. The fourth-order valence-corrected chi connectivity index (χ4v) is 4.85. The monoisotopic (exact) mass is 329 g/mol. The number of aryl methyl sites for hydroxylation is 2. The summed E-state index contributed by atoms with van der Waals surface area (Å²) in [5.41, 5.74) is 0.343. The zero-order chi connectivity index (χ0) is 16.1. The van der Waals surface area contributed by atoms with Crippen LogP contribution in [0.3, 0.4) is 0 Å². The molecule has 2 atom stereocenters. The number of hydrogen-bond acceptors (Lipinski definition) is 6. The van der Waals surface area contributed by atoms with Crippen molar-refractivity contribution in [1.82, 2.24) is 14.4 Å². The van der Waals surface area contributed by atoms with Crippen molar-refractivity contribution >= 4 is 15.9 Å². The highest BCUT2D eigenvalue weighted by Crippen LogP contribution is 2.29. The van der Waals surface area contributed by atoms with Crippen molar-refractivity contribution in [2.45, 2.75) is 37.3 Å². The molecule has 2 aliphatic rings. The maximum Gasteiger partial charge on any atom is 0.248 e. The number of sulfonamides is 1. The first-order valence-electron chi connectivity index (χ1n) is 7.12. The predicted molar refractivity (Wildman–Crippen MR) is 75.7 cm³/mol. The third-order valence-electron chi connectivity index (χ3n) is 4.31. The summed E-state index contributed by atoms with van der Waals surface area (Å²) < 4.78 is 37.6. The lowest BCUT2D eigenvalue weighted by atomic mass is 10.2. The zero-order valence-corrected chi connectivity index (χ0v) is 13.6. The molecule has 0 bridgehead atoms. The van der Waals surface area contributed by atoms with Crippen molar-refractivity contribution in [3.05, 3.63) is 11.5 Å². The summed E-state index contributed by atoms with van der Waals surface area (Å²) in [6.07, 6.45) is 0.0341. The van der Waals surface area contributed by atoms with Gasteiger partial charge in [-0.05, 0) is 13.8 Å². The van der Waals surface area contributed by atoms with Crippen LogP contribution in [0.15, 0.2) is 9.42 Å². The van der Waals surface area contributed by atoms with E-state index >= 15 is 0 Å². The summed E-state index contributed by atoms with van der Waals surface area (Å²) in [6.45, 7) is 3.95. The fourth-order valence-electron chi connectivity index (χ4n) is 3.09. The highest BCUT2D eigenvalue weighted by molar-refractivity contribution is 7.89. The molecular weight excluding hydrogens is 310 g/mol. The summed E-state index contributed by atoms with van der Waals surface area (Å²) in [4.78, 5) is 13.6. The average Bonchev–Trinajstić information content (AvgIpc) is 2.99. The van der Waals surface area contributed by atoms with Crippen molar-refractivity contribution in [3.63, 3.8) is 0 Å². The van der Waals surface area contributed by atoms with E-state index in [1.54, 1.807) is 25.8 Å². The second kappa shape index (κ2) is 5.32. The molecule has 0 aliphatic carbocycles. The third kappa shape index (κ3) is 2.33. The van der Waals surface area contributed by atoms with Crippen LogP contribution in [0.5, 0.6) is 0 Å². The zero-order valence-electron chi connectivity index (χ0n) is 12.8. The molecule has 1 amide bonds. The summed E-state index contributed by atoms with van der Waals surface area (Å²) in [5.74, 6) is 0.249. The van der Waals surface area contributed by atoms with Gasteiger partial charge in [0.25, 0.3) is 0 Å². The van der Waals surface area contributed by atoms with E-state index in [9.17, 15) is 13.2 Å². The van der Waals surface area contributed by atoms with Crippen molar-refractivity contribution < 1.29 is 22.5 Å². The van der Waals surface area contributed by atoms with Crippen molar-refractivity contribution in [1.29, 1.82) is 0 Å². The van der Waals surface area contributed by atoms with E-state index in [0.29, 0.717) is 18.7 Å². The summed E-state index contributed by atoms with van der Waals surface area (Å²) in [5, 5.41) is 3.71. The van der Waals surface area contributed by atoms with Gasteiger partial charge >= 0.3 is 0 Å². The highest BCUT2D eigenvalue weighted by Gasteiger charge is 2.45. The first kappa shape index (κ1) is 15.4. The van der Waals surface area contributed by atoms with Crippen molar-refractivity contribution in [2.24, 2.45) is 0 Å².